The lowest BCUT2D eigenvalue weighted by Crippen LogP contribution is -2.30. The summed E-state index contributed by atoms with van der Waals surface area (Å²) in [5, 5.41) is 0. The van der Waals surface area contributed by atoms with E-state index < -0.39 is 5.92 Å². The summed E-state index contributed by atoms with van der Waals surface area (Å²) >= 11 is 0. The van der Waals surface area contributed by atoms with Crippen LogP contribution in [0.25, 0.3) is 0 Å². The van der Waals surface area contributed by atoms with Gasteiger partial charge in [0.15, 0.2) is 0 Å². The quantitative estimate of drug-likeness (QED) is 0.654. The van der Waals surface area contributed by atoms with Gasteiger partial charge in [-0.25, -0.2) is 9.89 Å². The van der Waals surface area contributed by atoms with Crippen LogP contribution in [0.4, 0.5) is 11.4 Å². The van der Waals surface area contributed by atoms with E-state index in [1.165, 1.54) is 4.90 Å². The molecule has 4 nitrogen and oxygen atoms in total. The highest BCUT2D eigenvalue weighted by molar-refractivity contribution is 6.59. The highest BCUT2D eigenvalue weighted by atomic mass is 16.2. The number of carbonyl (C=O) groups is 2. The molecule has 1 unspecified atom stereocenters. The van der Waals surface area contributed by atoms with Gasteiger partial charge in [-0.1, -0.05) is 66.2 Å². The molecular formula is C23H18N2O2. The Morgan fingerprint density at radius 1 is 0.778 bits per heavy atom. The molecule has 0 radical (unpaired) electrons. The molecule has 27 heavy (non-hydrogen) atoms. The van der Waals surface area contributed by atoms with Crippen molar-refractivity contribution >= 4 is 28.9 Å². The highest BCUT2D eigenvalue weighted by Gasteiger charge is 2.46. The number of nitrogens with zero attached hydrogens (tertiary/aromatic N) is 2. The molecule has 1 atom stereocenters. The molecule has 0 bridgehead atoms. The van der Waals surface area contributed by atoms with Crippen molar-refractivity contribution in [1.82, 2.24) is 0 Å². The van der Waals surface area contributed by atoms with Gasteiger partial charge in [0.05, 0.1) is 11.4 Å². The van der Waals surface area contributed by atoms with Crippen LogP contribution in [-0.2, 0) is 9.59 Å². The number of anilines is 1. The molecule has 0 spiro atoms. The summed E-state index contributed by atoms with van der Waals surface area (Å²) in [7, 11) is 0. The molecule has 1 aliphatic heterocycles. The Morgan fingerprint density at radius 3 is 2.00 bits per heavy atom. The van der Waals surface area contributed by atoms with Crippen molar-refractivity contribution in [1.29, 1.82) is 0 Å². The molecule has 4 heteroatoms. The first-order chi connectivity index (χ1) is 13.1. The zero-order valence-electron chi connectivity index (χ0n) is 14.9. The number of para-hydroxylation sites is 2. The molecule has 3 aromatic rings. The molecule has 1 saturated heterocycles. The van der Waals surface area contributed by atoms with Crippen LogP contribution >= 0.6 is 0 Å². The lowest BCUT2D eigenvalue weighted by molar-refractivity contribution is -0.121. The van der Waals surface area contributed by atoms with Gasteiger partial charge in [0.1, 0.15) is 11.6 Å². The van der Waals surface area contributed by atoms with Crippen molar-refractivity contribution < 1.29 is 9.59 Å². The molecule has 0 aliphatic carbocycles. The molecule has 1 aliphatic rings. The van der Waals surface area contributed by atoms with Gasteiger partial charge in [-0.2, -0.15) is 0 Å². The Bertz CT molecular complexity index is 1010. The van der Waals surface area contributed by atoms with Gasteiger partial charge in [0.25, 0.3) is 5.91 Å². The van der Waals surface area contributed by atoms with Crippen molar-refractivity contribution in [3.63, 3.8) is 0 Å². The van der Waals surface area contributed by atoms with Crippen molar-refractivity contribution in [2.75, 3.05) is 4.90 Å². The maximum absolute atomic E-state index is 13.2. The predicted molar refractivity (Wildman–Crippen MR) is 106 cm³/mol. The number of benzene rings is 3. The fraction of sp³-hybridized carbons (Fsp3) is 0.0870. The minimum atomic E-state index is -0.710. The number of hydrogen-bond donors (Lipinski definition) is 0. The summed E-state index contributed by atoms with van der Waals surface area (Å²) < 4.78 is 0. The first-order valence-corrected chi connectivity index (χ1v) is 8.79. The molecule has 2 amide bonds. The molecule has 0 saturated carbocycles. The van der Waals surface area contributed by atoms with E-state index in [4.69, 9.17) is 0 Å². The summed E-state index contributed by atoms with van der Waals surface area (Å²) in [5.41, 5.74) is 3.33. The monoisotopic (exact) mass is 354 g/mol. The lowest BCUT2D eigenvalue weighted by Gasteiger charge is -2.14. The van der Waals surface area contributed by atoms with E-state index >= 15 is 0 Å². The van der Waals surface area contributed by atoms with Gasteiger partial charge in [-0.3, -0.25) is 9.59 Å². The largest absolute Gasteiger partial charge is 0.280 e. The SMILES string of the molecule is Cc1ccc(C2C(=O)N(c3ccccc3)C(=O)C2=Nc2ccccc2)cc1. The zero-order chi connectivity index (χ0) is 18.8. The smallest absolute Gasteiger partial charge is 0.273 e. The zero-order valence-corrected chi connectivity index (χ0v) is 14.9. The minimum Gasteiger partial charge on any atom is -0.273 e. The van der Waals surface area contributed by atoms with E-state index in [1.807, 2.05) is 79.7 Å². The van der Waals surface area contributed by atoms with Gasteiger partial charge in [-0.15, -0.1) is 0 Å². The van der Waals surface area contributed by atoms with E-state index in [0.29, 0.717) is 11.4 Å². The van der Waals surface area contributed by atoms with Gasteiger partial charge in [-0.05, 0) is 36.8 Å². The topological polar surface area (TPSA) is 49.7 Å². The first kappa shape index (κ1) is 16.9. The molecule has 1 heterocycles. The molecular weight excluding hydrogens is 336 g/mol. The average Bonchev–Trinajstić information content (AvgIpc) is 2.94. The third-order valence-electron chi connectivity index (χ3n) is 4.59. The number of carbonyl (C=O) groups excluding carboxylic acids is 2. The Morgan fingerprint density at radius 2 is 1.37 bits per heavy atom. The van der Waals surface area contributed by atoms with Gasteiger partial charge < -0.3 is 0 Å². The number of hydrogen-bond acceptors (Lipinski definition) is 3. The van der Waals surface area contributed by atoms with Crippen LogP contribution in [0.1, 0.15) is 17.0 Å². The fourth-order valence-electron chi connectivity index (χ4n) is 3.22. The van der Waals surface area contributed by atoms with E-state index in [-0.39, 0.29) is 17.5 Å². The normalized spacial score (nSPS) is 18.3. The molecule has 0 N–H and O–H groups in total. The Hall–Kier alpha value is -3.53. The second kappa shape index (κ2) is 7.00. The second-order valence-electron chi connectivity index (χ2n) is 6.49. The molecule has 4 rings (SSSR count). The Labute approximate surface area is 157 Å². The van der Waals surface area contributed by atoms with Crippen molar-refractivity contribution in [3.05, 3.63) is 96.1 Å². The summed E-state index contributed by atoms with van der Waals surface area (Å²) in [6.45, 7) is 1.99. The minimum absolute atomic E-state index is 0.249. The van der Waals surface area contributed by atoms with Crippen molar-refractivity contribution in [2.45, 2.75) is 12.8 Å². The lowest BCUT2D eigenvalue weighted by atomic mass is 9.95. The number of rotatable bonds is 3. The van der Waals surface area contributed by atoms with Gasteiger partial charge in [0, 0.05) is 0 Å². The third kappa shape index (κ3) is 3.17. The van der Waals surface area contributed by atoms with E-state index in [1.54, 1.807) is 12.1 Å². The molecule has 1 fully saturated rings. The van der Waals surface area contributed by atoms with Crippen LogP contribution in [0.15, 0.2) is 89.9 Å². The van der Waals surface area contributed by atoms with Crippen LogP contribution in [0.2, 0.25) is 0 Å². The molecule has 3 aromatic carbocycles. The molecule has 0 aromatic heterocycles. The van der Waals surface area contributed by atoms with E-state index in [9.17, 15) is 9.59 Å². The van der Waals surface area contributed by atoms with Crippen LogP contribution < -0.4 is 4.90 Å². The average molecular weight is 354 g/mol. The summed E-state index contributed by atoms with van der Waals surface area (Å²) in [4.78, 5) is 32.2. The van der Waals surface area contributed by atoms with E-state index in [2.05, 4.69) is 4.99 Å². The van der Waals surface area contributed by atoms with Crippen LogP contribution in [-0.4, -0.2) is 17.5 Å². The second-order valence-corrected chi connectivity index (χ2v) is 6.49. The molecule has 132 valence electrons. The highest BCUT2D eigenvalue weighted by Crippen LogP contribution is 2.33. The number of aryl methyl sites for hydroxylation is 1. The van der Waals surface area contributed by atoms with Gasteiger partial charge in [0.2, 0.25) is 5.91 Å². The first-order valence-electron chi connectivity index (χ1n) is 8.79. The Kier molecular flexibility index (Phi) is 4.38. The maximum Gasteiger partial charge on any atom is 0.280 e. The summed E-state index contributed by atoms with van der Waals surface area (Å²) in [5.74, 6) is -1.36. The standard InChI is InChI=1S/C23H18N2O2/c1-16-12-14-17(15-13-16)20-21(24-18-8-4-2-5-9-18)23(27)25(22(20)26)19-10-6-3-7-11-19/h2-15,20H,1H3. The predicted octanol–water partition coefficient (Wildman–Crippen LogP) is 4.42. The fourth-order valence-corrected chi connectivity index (χ4v) is 3.22. The Balaban J connectivity index is 1.85. The summed E-state index contributed by atoms with van der Waals surface area (Å²) in [6, 6.07) is 25.9. The van der Waals surface area contributed by atoms with Crippen molar-refractivity contribution in [2.24, 2.45) is 4.99 Å². The summed E-state index contributed by atoms with van der Waals surface area (Å²) in [6.07, 6.45) is 0. The third-order valence-corrected chi connectivity index (χ3v) is 4.59. The van der Waals surface area contributed by atoms with E-state index in [0.717, 1.165) is 11.1 Å². The maximum atomic E-state index is 13.2. The van der Waals surface area contributed by atoms with Crippen molar-refractivity contribution in [3.8, 4) is 0 Å². The van der Waals surface area contributed by atoms with Gasteiger partial charge >= 0.3 is 0 Å². The van der Waals surface area contributed by atoms with Crippen LogP contribution in [0, 0.1) is 6.92 Å². The number of imide groups is 1. The number of amides is 2. The number of aliphatic imine (C=N–C) groups is 1. The van der Waals surface area contributed by atoms with Crippen LogP contribution in [0.3, 0.4) is 0 Å². The van der Waals surface area contributed by atoms with Crippen LogP contribution in [0.5, 0.6) is 0 Å².